The van der Waals surface area contributed by atoms with Crippen molar-refractivity contribution in [2.24, 2.45) is 0 Å². The van der Waals surface area contributed by atoms with Crippen LogP contribution in [0, 0.1) is 18.6 Å². The van der Waals surface area contributed by atoms with Crippen LogP contribution in [0.4, 0.5) is 8.78 Å². The minimum absolute atomic E-state index is 0.180. The molecule has 0 saturated heterocycles. The van der Waals surface area contributed by atoms with Gasteiger partial charge in [-0.2, -0.15) is 0 Å². The molecule has 0 radical (unpaired) electrons. The van der Waals surface area contributed by atoms with Gasteiger partial charge in [-0.15, -0.1) is 0 Å². The van der Waals surface area contributed by atoms with Crippen LogP contribution >= 0.6 is 31.9 Å². The van der Waals surface area contributed by atoms with Crippen molar-refractivity contribution < 1.29 is 13.5 Å². The number of halogens is 4. The molecule has 1 nitrogen and oxygen atoms in total. The van der Waals surface area contributed by atoms with E-state index in [9.17, 15) is 8.78 Å². The van der Waals surface area contributed by atoms with Gasteiger partial charge in [0.2, 0.25) is 0 Å². The predicted octanol–water partition coefficient (Wildman–Crippen LogP) is 5.72. The van der Waals surface area contributed by atoms with Crippen LogP contribution in [0.25, 0.3) is 0 Å². The summed E-state index contributed by atoms with van der Waals surface area (Å²) in [6.07, 6.45) is 0.329. The molecule has 21 heavy (non-hydrogen) atoms. The maximum Gasteiger partial charge on any atom is 0.162 e. The van der Waals surface area contributed by atoms with Crippen molar-refractivity contribution in [1.82, 2.24) is 0 Å². The number of alkyl halides is 1. The van der Waals surface area contributed by atoms with Gasteiger partial charge in [0.05, 0.1) is 7.11 Å². The Bertz CT molecular complexity index is 659. The number of methoxy groups -OCH3 is 1. The second-order valence-corrected chi connectivity index (χ2v) is 6.69. The first-order chi connectivity index (χ1) is 9.93. The number of hydrogen-bond donors (Lipinski definition) is 0. The third-order valence-corrected chi connectivity index (χ3v) is 4.95. The van der Waals surface area contributed by atoms with E-state index in [1.165, 1.54) is 6.07 Å². The summed E-state index contributed by atoms with van der Waals surface area (Å²) in [5.41, 5.74) is 2.27. The van der Waals surface area contributed by atoms with Crippen LogP contribution in [-0.4, -0.2) is 7.11 Å². The molecule has 0 heterocycles. The minimum atomic E-state index is -0.829. The number of rotatable bonds is 4. The standard InChI is InChI=1S/C16H14Br2F2O/c1-9-6-15(21-2)11(8-12(9)17)13(18)7-10-4-3-5-14(19)16(10)20/h3-6,8,13H,7H2,1-2H3. The van der Waals surface area contributed by atoms with Crippen LogP contribution in [-0.2, 0) is 6.42 Å². The van der Waals surface area contributed by atoms with E-state index in [2.05, 4.69) is 31.9 Å². The summed E-state index contributed by atoms with van der Waals surface area (Å²) in [5.74, 6) is -0.911. The number of benzene rings is 2. The van der Waals surface area contributed by atoms with Gasteiger partial charge in [-0.3, -0.25) is 0 Å². The topological polar surface area (TPSA) is 9.23 Å². The molecule has 2 aromatic carbocycles. The van der Waals surface area contributed by atoms with Gasteiger partial charge >= 0.3 is 0 Å². The van der Waals surface area contributed by atoms with Crippen LogP contribution in [0.15, 0.2) is 34.8 Å². The molecule has 0 saturated carbocycles. The van der Waals surface area contributed by atoms with E-state index >= 15 is 0 Å². The normalized spacial score (nSPS) is 12.3. The highest BCUT2D eigenvalue weighted by molar-refractivity contribution is 9.10. The minimum Gasteiger partial charge on any atom is -0.496 e. The summed E-state index contributed by atoms with van der Waals surface area (Å²) in [6.45, 7) is 1.96. The van der Waals surface area contributed by atoms with Crippen molar-refractivity contribution >= 4 is 31.9 Å². The molecule has 5 heteroatoms. The van der Waals surface area contributed by atoms with E-state index in [1.54, 1.807) is 13.2 Å². The maximum absolute atomic E-state index is 13.8. The molecule has 0 aliphatic heterocycles. The lowest BCUT2D eigenvalue weighted by Gasteiger charge is -2.16. The molecule has 0 fully saturated rings. The predicted molar refractivity (Wildman–Crippen MR) is 87.2 cm³/mol. The van der Waals surface area contributed by atoms with Crippen LogP contribution in [0.2, 0.25) is 0 Å². The fourth-order valence-corrected chi connectivity index (χ4v) is 3.17. The first-order valence-electron chi connectivity index (χ1n) is 6.35. The van der Waals surface area contributed by atoms with Gasteiger partial charge in [0, 0.05) is 14.9 Å². The summed E-state index contributed by atoms with van der Waals surface area (Å²) in [6, 6.07) is 8.06. The largest absolute Gasteiger partial charge is 0.496 e. The van der Waals surface area contributed by atoms with E-state index in [1.807, 2.05) is 19.1 Å². The molecule has 112 valence electrons. The van der Waals surface area contributed by atoms with Gasteiger partial charge in [-0.25, -0.2) is 8.78 Å². The average Bonchev–Trinajstić information content (AvgIpc) is 2.46. The molecule has 2 rings (SSSR count). The maximum atomic E-state index is 13.8. The first-order valence-corrected chi connectivity index (χ1v) is 8.06. The zero-order chi connectivity index (χ0) is 15.6. The van der Waals surface area contributed by atoms with Gasteiger partial charge in [0.1, 0.15) is 5.75 Å². The monoisotopic (exact) mass is 418 g/mol. The van der Waals surface area contributed by atoms with Gasteiger partial charge < -0.3 is 4.74 Å². The smallest absolute Gasteiger partial charge is 0.162 e. The van der Waals surface area contributed by atoms with Gasteiger partial charge in [0.25, 0.3) is 0 Å². The zero-order valence-electron chi connectivity index (χ0n) is 11.6. The molecular formula is C16H14Br2F2O. The molecule has 0 aliphatic rings. The molecule has 1 unspecified atom stereocenters. The Balaban J connectivity index is 2.34. The summed E-state index contributed by atoms with van der Waals surface area (Å²) in [7, 11) is 1.59. The Hall–Kier alpha value is -0.940. The van der Waals surface area contributed by atoms with Crippen LogP contribution in [0.5, 0.6) is 5.75 Å². The lowest BCUT2D eigenvalue weighted by Crippen LogP contribution is -2.02. The molecule has 2 aromatic rings. The summed E-state index contributed by atoms with van der Waals surface area (Å²) in [5, 5.41) is 0. The van der Waals surface area contributed by atoms with Crippen molar-refractivity contribution in [3.8, 4) is 5.75 Å². The third-order valence-electron chi connectivity index (χ3n) is 3.28. The fourth-order valence-electron chi connectivity index (χ4n) is 2.10. The quantitative estimate of drug-likeness (QED) is 0.575. The van der Waals surface area contributed by atoms with E-state index in [0.29, 0.717) is 12.0 Å². The van der Waals surface area contributed by atoms with Gasteiger partial charge in [0.15, 0.2) is 11.6 Å². The Morgan fingerprint density at radius 3 is 2.62 bits per heavy atom. The van der Waals surface area contributed by atoms with Crippen molar-refractivity contribution in [3.63, 3.8) is 0 Å². The Labute approximate surface area is 139 Å². The number of hydrogen-bond acceptors (Lipinski definition) is 1. The van der Waals surface area contributed by atoms with Crippen molar-refractivity contribution in [2.75, 3.05) is 7.11 Å². The lowest BCUT2D eigenvalue weighted by molar-refractivity contribution is 0.408. The first kappa shape index (κ1) is 16.4. The fraction of sp³-hybridized carbons (Fsp3) is 0.250. The Kier molecular flexibility index (Phi) is 5.38. The van der Waals surface area contributed by atoms with Gasteiger partial charge in [-0.1, -0.05) is 44.0 Å². The zero-order valence-corrected chi connectivity index (χ0v) is 14.8. The highest BCUT2D eigenvalue weighted by Gasteiger charge is 2.18. The highest BCUT2D eigenvalue weighted by atomic mass is 79.9. The number of ether oxygens (including phenoxy) is 1. The van der Waals surface area contributed by atoms with Crippen molar-refractivity contribution in [2.45, 2.75) is 18.2 Å². The molecule has 0 aliphatic carbocycles. The van der Waals surface area contributed by atoms with E-state index in [-0.39, 0.29) is 4.83 Å². The van der Waals surface area contributed by atoms with E-state index < -0.39 is 11.6 Å². The van der Waals surface area contributed by atoms with E-state index in [0.717, 1.165) is 27.4 Å². The van der Waals surface area contributed by atoms with Crippen LogP contribution < -0.4 is 4.74 Å². The highest BCUT2D eigenvalue weighted by Crippen LogP contribution is 2.37. The second kappa shape index (κ2) is 6.88. The molecule has 1 atom stereocenters. The molecule has 0 spiro atoms. The summed E-state index contributed by atoms with van der Waals surface area (Å²) in [4.78, 5) is -0.180. The summed E-state index contributed by atoms with van der Waals surface area (Å²) >= 11 is 7.02. The molecular weight excluding hydrogens is 406 g/mol. The van der Waals surface area contributed by atoms with Crippen LogP contribution in [0.3, 0.4) is 0 Å². The number of aryl methyl sites for hydroxylation is 1. The van der Waals surface area contributed by atoms with Crippen LogP contribution in [0.1, 0.15) is 21.5 Å². The lowest BCUT2D eigenvalue weighted by atomic mass is 10.0. The Morgan fingerprint density at radius 1 is 1.24 bits per heavy atom. The molecule has 0 N–H and O–H groups in total. The van der Waals surface area contributed by atoms with Crippen molar-refractivity contribution in [1.29, 1.82) is 0 Å². The third kappa shape index (κ3) is 3.64. The van der Waals surface area contributed by atoms with E-state index in [4.69, 9.17) is 4.74 Å². The second-order valence-electron chi connectivity index (χ2n) is 4.73. The molecule has 0 bridgehead atoms. The summed E-state index contributed by atoms with van der Waals surface area (Å²) < 4.78 is 33.4. The van der Waals surface area contributed by atoms with Crippen molar-refractivity contribution in [3.05, 3.63) is 63.1 Å². The Morgan fingerprint density at radius 2 is 1.95 bits per heavy atom. The average molecular weight is 420 g/mol. The SMILES string of the molecule is COc1cc(C)c(Br)cc1C(Br)Cc1cccc(F)c1F. The molecule has 0 amide bonds. The van der Waals surface area contributed by atoms with Gasteiger partial charge in [-0.05, 0) is 42.7 Å². The molecule has 0 aromatic heterocycles.